The first-order valence-electron chi connectivity index (χ1n) is 5.64. The van der Waals surface area contributed by atoms with Gasteiger partial charge >= 0.3 is 5.69 Å². The monoisotopic (exact) mass is 259 g/mol. The molecule has 0 amide bonds. The number of rotatable bonds is 2. The molecule has 0 spiro atoms. The van der Waals surface area contributed by atoms with Crippen molar-refractivity contribution in [1.82, 2.24) is 9.97 Å². The molecule has 6 nitrogen and oxygen atoms in total. The van der Waals surface area contributed by atoms with Crippen molar-refractivity contribution in [2.75, 3.05) is 0 Å². The van der Waals surface area contributed by atoms with Crippen LogP contribution in [0.3, 0.4) is 0 Å². The number of aromatic nitrogens is 2. The van der Waals surface area contributed by atoms with Gasteiger partial charge in [0.2, 0.25) is 0 Å². The zero-order chi connectivity index (χ0) is 14.0. The number of phenols is 1. The van der Waals surface area contributed by atoms with Crippen LogP contribution in [0.15, 0.2) is 39.0 Å². The summed E-state index contributed by atoms with van der Waals surface area (Å²) in [5.41, 5.74) is 0.926. The van der Waals surface area contributed by atoms with E-state index in [0.717, 1.165) is 5.56 Å². The Labute approximate surface area is 108 Å². The van der Waals surface area contributed by atoms with Gasteiger partial charge in [0.15, 0.2) is 0 Å². The molecule has 0 saturated heterocycles. The molecular formula is C13H13N3O3. The number of benzene rings is 1. The molecule has 0 atom stereocenters. The van der Waals surface area contributed by atoms with Crippen molar-refractivity contribution in [3.05, 3.63) is 56.4 Å². The second-order valence-corrected chi connectivity index (χ2v) is 4.17. The second-order valence-electron chi connectivity index (χ2n) is 4.17. The van der Waals surface area contributed by atoms with E-state index in [1.165, 1.54) is 6.20 Å². The fourth-order valence-electron chi connectivity index (χ4n) is 1.67. The molecule has 0 unspecified atom stereocenters. The molecule has 0 aliphatic carbocycles. The molecule has 0 aliphatic rings. The van der Waals surface area contributed by atoms with Crippen LogP contribution < -0.4 is 11.2 Å². The summed E-state index contributed by atoms with van der Waals surface area (Å²) in [4.78, 5) is 31.0. The third-order valence-corrected chi connectivity index (χ3v) is 2.63. The minimum absolute atomic E-state index is 0.0815. The zero-order valence-corrected chi connectivity index (χ0v) is 10.5. The number of phenolic OH excluding ortho intramolecular Hbond substituents is 1. The lowest BCUT2D eigenvalue weighted by Gasteiger charge is -2.05. The van der Waals surface area contributed by atoms with E-state index < -0.39 is 11.2 Å². The van der Waals surface area contributed by atoms with Crippen molar-refractivity contribution in [2.45, 2.75) is 13.8 Å². The van der Waals surface area contributed by atoms with Gasteiger partial charge in [-0.05, 0) is 26.0 Å². The minimum atomic E-state index is -0.583. The van der Waals surface area contributed by atoms with Crippen LogP contribution in [0.2, 0.25) is 0 Å². The summed E-state index contributed by atoms with van der Waals surface area (Å²) >= 11 is 0. The molecule has 0 bridgehead atoms. The van der Waals surface area contributed by atoms with Crippen molar-refractivity contribution in [1.29, 1.82) is 0 Å². The maximum Gasteiger partial charge on any atom is 0.325 e. The largest absolute Gasteiger partial charge is 0.507 e. The Bertz CT molecular complexity index is 756. The fourth-order valence-corrected chi connectivity index (χ4v) is 1.67. The van der Waals surface area contributed by atoms with Gasteiger partial charge in [-0.2, -0.15) is 0 Å². The van der Waals surface area contributed by atoms with Crippen LogP contribution in [0.25, 0.3) is 0 Å². The highest BCUT2D eigenvalue weighted by Crippen LogP contribution is 2.20. The standard InChI is InChI=1S/C13H13N3O3/c1-7-3-4-11(17)9(5-7)8(2)15-10-6-14-13(19)16-12(10)18/h3-6,17H,1-2H3,(H2,14,16,18,19). The highest BCUT2D eigenvalue weighted by atomic mass is 16.3. The predicted octanol–water partition coefficient (Wildman–Crippen LogP) is 1.22. The summed E-state index contributed by atoms with van der Waals surface area (Å²) in [6.07, 6.45) is 1.23. The number of nitrogens with one attached hydrogen (secondary N) is 2. The minimum Gasteiger partial charge on any atom is -0.507 e. The van der Waals surface area contributed by atoms with Crippen molar-refractivity contribution < 1.29 is 5.11 Å². The van der Waals surface area contributed by atoms with Gasteiger partial charge in [0.05, 0.1) is 0 Å². The lowest BCUT2D eigenvalue weighted by atomic mass is 10.1. The first-order valence-corrected chi connectivity index (χ1v) is 5.64. The molecule has 3 N–H and O–H groups in total. The number of aromatic amines is 2. The average molecular weight is 259 g/mol. The van der Waals surface area contributed by atoms with E-state index in [9.17, 15) is 14.7 Å². The normalized spacial score (nSPS) is 11.6. The van der Waals surface area contributed by atoms with Gasteiger partial charge < -0.3 is 10.1 Å². The lowest BCUT2D eigenvalue weighted by Crippen LogP contribution is -2.20. The van der Waals surface area contributed by atoms with Gasteiger partial charge in [0, 0.05) is 17.5 Å². The first kappa shape index (κ1) is 12.8. The molecule has 0 saturated carbocycles. The first-order chi connectivity index (χ1) is 8.97. The second kappa shape index (κ2) is 4.93. The van der Waals surface area contributed by atoms with Gasteiger partial charge in [-0.1, -0.05) is 11.6 Å². The Hall–Kier alpha value is -2.63. The number of hydrogen-bond donors (Lipinski definition) is 3. The maximum atomic E-state index is 11.5. The topological polar surface area (TPSA) is 98.3 Å². The van der Waals surface area contributed by atoms with Crippen LogP contribution in [0.4, 0.5) is 5.69 Å². The van der Waals surface area contributed by atoms with Crippen molar-refractivity contribution >= 4 is 11.4 Å². The van der Waals surface area contributed by atoms with E-state index in [1.54, 1.807) is 25.1 Å². The third kappa shape index (κ3) is 2.79. The Morgan fingerprint density at radius 3 is 2.74 bits per heavy atom. The molecule has 0 aliphatic heterocycles. The van der Waals surface area contributed by atoms with E-state index >= 15 is 0 Å². The summed E-state index contributed by atoms with van der Waals surface area (Å²) in [5.74, 6) is 0.0905. The molecule has 0 radical (unpaired) electrons. The zero-order valence-electron chi connectivity index (χ0n) is 10.5. The van der Waals surface area contributed by atoms with E-state index in [1.807, 2.05) is 6.92 Å². The van der Waals surface area contributed by atoms with E-state index in [0.29, 0.717) is 11.3 Å². The molecule has 19 heavy (non-hydrogen) atoms. The smallest absolute Gasteiger partial charge is 0.325 e. The van der Waals surface area contributed by atoms with Gasteiger partial charge in [-0.15, -0.1) is 0 Å². The molecule has 1 aromatic heterocycles. The van der Waals surface area contributed by atoms with E-state index in [2.05, 4.69) is 15.0 Å². The van der Waals surface area contributed by atoms with Crippen LogP contribution in [-0.2, 0) is 0 Å². The number of aromatic hydroxyl groups is 1. The third-order valence-electron chi connectivity index (χ3n) is 2.63. The molecular weight excluding hydrogens is 246 g/mol. The Balaban J connectivity index is 2.51. The van der Waals surface area contributed by atoms with Gasteiger partial charge in [0.1, 0.15) is 11.4 Å². The van der Waals surface area contributed by atoms with Gasteiger partial charge in [-0.3, -0.25) is 9.78 Å². The number of H-pyrrole nitrogens is 2. The van der Waals surface area contributed by atoms with Gasteiger partial charge in [0.25, 0.3) is 5.56 Å². The summed E-state index contributed by atoms with van der Waals surface area (Å²) < 4.78 is 0. The summed E-state index contributed by atoms with van der Waals surface area (Å²) in [7, 11) is 0. The maximum absolute atomic E-state index is 11.5. The quantitative estimate of drug-likeness (QED) is 0.707. The van der Waals surface area contributed by atoms with Crippen LogP contribution in [0.1, 0.15) is 18.1 Å². The number of aliphatic imine (C=N–C) groups is 1. The van der Waals surface area contributed by atoms with Crippen LogP contribution in [0, 0.1) is 6.92 Å². The van der Waals surface area contributed by atoms with Crippen LogP contribution in [-0.4, -0.2) is 20.8 Å². The highest BCUT2D eigenvalue weighted by Gasteiger charge is 2.06. The van der Waals surface area contributed by atoms with E-state index in [4.69, 9.17) is 0 Å². The summed E-state index contributed by atoms with van der Waals surface area (Å²) in [6, 6.07) is 5.12. The van der Waals surface area contributed by atoms with Crippen molar-refractivity contribution in [3.8, 4) is 5.75 Å². The number of nitrogens with zero attached hydrogens (tertiary/aromatic N) is 1. The summed E-state index contributed by atoms with van der Waals surface area (Å²) in [5, 5.41) is 9.77. The fraction of sp³-hybridized carbons (Fsp3) is 0.154. The molecule has 1 heterocycles. The van der Waals surface area contributed by atoms with Crippen molar-refractivity contribution in [2.24, 2.45) is 4.99 Å². The Morgan fingerprint density at radius 2 is 2.05 bits per heavy atom. The molecule has 1 aromatic carbocycles. The predicted molar refractivity (Wildman–Crippen MR) is 72.4 cm³/mol. The average Bonchev–Trinajstić information content (AvgIpc) is 2.35. The van der Waals surface area contributed by atoms with Crippen LogP contribution in [0.5, 0.6) is 5.75 Å². The number of hydrogen-bond acceptors (Lipinski definition) is 4. The number of aryl methyl sites for hydroxylation is 1. The highest BCUT2D eigenvalue weighted by molar-refractivity contribution is 6.02. The molecule has 98 valence electrons. The van der Waals surface area contributed by atoms with E-state index in [-0.39, 0.29) is 11.4 Å². The SMILES string of the molecule is CC(=Nc1c[nH]c(=O)[nH]c1=O)c1cc(C)ccc1O. The lowest BCUT2D eigenvalue weighted by molar-refractivity contribution is 0.474. The van der Waals surface area contributed by atoms with Crippen molar-refractivity contribution in [3.63, 3.8) is 0 Å². The molecule has 6 heteroatoms. The van der Waals surface area contributed by atoms with Gasteiger partial charge in [-0.25, -0.2) is 9.79 Å². The van der Waals surface area contributed by atoms with Crippen LogP contribution >= 0.6 is 0 Å². The summed E-state index contributed by atoms with van der Waals surface area (Å²) in [6.45, 7) is 3.57. The molecule has 0 fully saturated rings. The molecule has 2 rings (SSSR count). The Morgan fingerprint density at radius 1 is 1.32 bits per heavy atom. The Kier molecular flexibility index (Phi) is 3.33. The molecule has 2 aromatic rings.